The Morgan fingerprint density at radius 3 is 2.41 bits per heavy atom. The van der Waals surface area contributed by atoms with E-state index in [0.717, 1.165) is 22.7 Å². The Labute approximate surface area is 103 Å². The minimum Gasteiger partial charge on any atom is -0.350 e. The summed E-state index contributed by atoms with van der Waals surface area (Å²) in [5, 5.41) is 3.76. The van der Waals surface area contributed by atoms with E-state index >= 15 is 0 Å². The molecule has 84 valence electrons. The third kappa shape index (κ3) is 2.01. The molecule has 2 nitrogen and oxygen atoms in total. The highest BCUT2D eigenvalue weighted by Crippen LogP contribution is 2.33. The average molecular weight is 247 g/mol. The van der Waals surface area contributed by atoms with E-state index in [4.69, 9.17) is 11.6 Å². The summed E-state index contributed by atoms with van der Waals surface area (Å²) in [5.74, 6) is -0.235. The Balaban J connectivity index is 1.92. The van der Waals surface area contributed by atoms with E-state index in [0.29, 0.717) is 5.02 Å². The van der Waals surface area contributed by atoms with E-state index in [1.54, 1.807) is 24.4 Å². The number of pyridine rings is 1. The van der Waals surface area contributed by atoms with Gasteiger partial charge in [-0.3, -0.25) is 4.98 Å². The van der Waals surface area contributed by atoms with E-state index < -0.39 is 0 Å². The number of aromatic nitrogens is 1. The summed E-state index contributed by atoms with van der Waals surface area (Å²) in [6.07, 6.45) is 1.60. The molecule has 0 radical (unpaired) electrons. The van der Waals surface area contributed by atoms with Gasteiger partial charge >= 0.3 is 0 Å². The van der Waals surface area contributed by atoms with Crippen LogP contribution >= 0.6 is 11.6 Å². The highest BCUT2D eigenvalue weighted by atomic mass is 35.5. The zero-order valence-corrected chi connectivity index (χ0v) is 9.50. The van der Waals surface area contributed by atoms with Crippen molar-refractivity contribution in [3.8, 4) is 0 Å². The molecule has 1 aromatic carbocycles. The molecule has 0 saturated heterocycles. The summed E-state index contributed by atoms with van der Waals surface area (Å²) in [7, 11) is 0. The fourth-order valence-corrected chi connectivity index (χ4v) is 1.75. The maximum atomic E-state index is 12.8. The largest absolute Gasteiger partial charge is 0.350 e. The van der Waals surface area contributed by atoms with Gasteiger partial charge in [-0.15, -0.1) is 0 Å². The predicted octanol–water partition coefficient (Wildman–Crippen LogP) is 3.30. The van der Waals surface area contributed by atoms with Crippen molar-refractivity contribution in [1.29, 1.82) is 0 Å². The van der Waals surface area contributed by atoms with Gasteiger partial charge in [-0.05, 0) is 36.4 Å². The van der Waals surface area contributed by atoms with Crippen molar-refractivity contribution in [3.05, 3.63) is 64.7 Å². The van der Waals surface area contributed by atoms with Crippen molar-refractivity contribution in [2.45, 2.75) is 0 Å². The van der Waals surface area contributed by atoms with Gasteiger partial charge < -0.3 is 5.32 Å². The van der Waals surface area contributed by atoms with Gasteiger partial charge in [0.25, 0.3) is 0 Å². The Hall–Kier alpha value is -1.87. The van der Waals surface area contributed by atoms with Crippen LogP contribution in [0.15, 0.2) is 42.6 Å². The molecular weight excluding hydrogens is 239 g/mol. The van der Waals surface area contributed by atoms with Gasteiger partial charge in [0.1, 0.15) is 5.82 Å². The molecule has 1 aliphatic rings. The number of hydrogen-bond donors (Lipinski definition) is 1. The van der Waals surface area contributed by atoms with Gasteiger partial charge in [0.05, 0.1) is 22.1 Å². The maximum Gasteiger partial charge on any atom is 0.123 e. The summed E-state index contributed by atoms with van der Waals surface area (Å²) in [6, 6.07) is 9.99. The number of nitrogens with zero attached hydrogens (tertiary/aromatic N) is 1. The van der Waals surface area contributed by atoms with Gasteiger partial charge in [0, 0.05) is 11.8 Å². The summed E-state index contributed by atoms with van der Waals surface area (Å²) in [5.41, 5.74) is 3.75. The topological polar surface area (TPSA) is 34.8 Å². The van der Waals surface area contributed by atoms with Crippen molar-refractivity contribution < 1.29 is 4.39 Å². The first kappa shape index (κ1) is 10.3. The van der Waals surface area contributed by atoms with Crippen molar-refractivity contribution in [2.24, 2.45) is 0 Å². The van der Waals surface area contributed by atoms with Crippen LogP contribution in [0.5, 0.6) is 0 Å². The first-order chi connectivity index (χ1) is 8.24. The Morgan fingerprint density at radius 1 is 1.00 bits per heavy atom. The smallest absolute Gasteiger partial charge is 0.123 e. The molecule has 0 fully saturated rings. The fraction of sp³-hybridized carbons (Fsp3) is 0. The SMILES string of the molecule is Fc1ccc(C2=C(c3ccc(Cl)cn3)N2)cc1. The second-order valence-electron chi connectivity index (χ2n) is 3.74. The summed E-state index contributed by atoms with van der Waals surface area (Å²) >= 11 is 5.77. The predicted molar refractivity (Wildman–Crippen MR) is 65.6 cm³/mol. The minimum atomic E-state index is -0.235. The zero-order chi connectivity index (χ0) is 11.8. The Morgan fingerprint density at radius 2 is 1.76 bits per heavy atom. The highest BCUT2D eigenvalue weighted by Gasteiger charge is 2.24. The molecule has 0 aliphatic carbocycles. The Kier molecular flexibility index (Phi) is 2.34. The fourth-order valence-electron chi connectivity index (χ4n) is 1.64. The van der Waals surface area contributed by atoms with Gasteiger partial charge in [-0.25, -0.2) is 4.39 Å². The van der Waals surface area contributed by atoms with Gasteiger partial charge in [-0.1, -0.05) is 11.6 Å². The molecule has 2 heterocycles. The van der Waals surface area contributed by atoms with Crippen molar-refractivity contribution in [1.82, 2.24) is 10.3 Å². The molecular formula is C13H8ClFN2. The van der Waals surface area contributed by atoms with Crippen LogP contribution in [0.4, 0.5) is 4.39 Å². The third-order valence-electron chi connectivity index (χ3n) is 2.55. The van der Waals surface area contributed by atoms with E-state index in [-0.39, 0.29) is 5.82 Å². The molecule has 0 bridgehead atoms. The molecule has 0 unspecified atom stereocenters. The van der Waals surface area contributed by atoms with Crippen molar-refractivity contribution in [2.75, 3.05) is 0 Å². The lowest BCUT2D eigenvalue weighted by Gasteiger charge is -1.91. The molecule has 1 N–H and O–H groups in total. The van der Waals surface area contributed by atoms with Crippen LogP contribution < -0.4 is 5.32 Å². The summed E-state index contributed by atoms with van der Waals surface area (Å²) < 4.78 is 12.8. The monoisotopic (exact) mass is 246 g/mol. The molecule has 0 saturated carbocycles. The molecule has 3 rings (SSSR count). The molecule has 1 aromatic heterocycles. The van der Waals surface area contributed by atoms with Crippen LogP contribution in [0.2, 0.25) is 5.02 Å². The number of hydrogen-bond acceptors (Lipinski definition) is 2. The number of benzene rings is 1. The van der Waals surface area contributed by atoms with Crippen LogP contribution in [0.1, 0.15) is 11.3 Å². The normalized spacial score (nSPS) is 13.5. The lowest BCUT2D eigenvalue weighted by molar-refractivity contribution is 0.627. The summed E-state index contributed by atoms with van der Waals surface area (Å²) in [4.78, 5) is 4.21. The molecule has 4 heteroatoms. The van der Waals surface area contributed by atoms with Gasteiger partial charge in [0.15, 0.2) is 0 Å². The van der Waals surface area contributed by atoms with Gasteiger partial charge in [-0.2, -0.15) is 0 Å². The Bertz CT molecular complexity index is 534. The van der Waals surface area contributed by atoms with Crippen molar-refractivity contribution in [3.63, 3.8) is 0 Å². The quantitative estimate of drug-likeness (QED) is 0.882. The van der Waals surface area contributed by atoms with Crippen molar-refractivity contribution >= 4 is 23.0 Å². The third-order valence-corrected chi connectivity index (χ3v) is 2.78. The highest BCUT2D eigenvalue weighted by molar-refractivity contribution is 6.30. The van der Waals surface area contributed by atoms with E-state index in [9.17, 15) is 4.39 Å². The molecule has 1 aliphatic heterocycles. The van der Waals surface area contributed by atoms with Crippen LogP contribution in [0.3, 0.4) is 0 Å². The van der Waals surface area contributed by atoms with Gasteiger partial charge in [0.2, 0.25) is 0 Å². The maximum absolute atomic E-state index is 12.8. The standard InChI is InChI=1S/C13H8ClFN2/c14-9-3-6-11(16-7-9)13-12(17-13)8-1-4-10(15)5-2-8/h1-7,17H. The van der Waals surface area contributed by atoms with E-state index in [1.165, 1.54) is 12.1 Å². The lowest BCUT2D eigenvalue weighted by atomic mass is 10.2. The average Bonchev–Trinajstić information content (AvgIpc) is 3.11. The second-order valence-corrected chi connectivity index (χ2v) is 4.18. The molecule has 0 atom stereocenters. The molecule has 0 amide bonds. The minimum absolute atomic E-state index is 0.235. The molecule has 17 heavy (non-hydrogen) atoms. The van der Waals surface area contributed by atoms with E-state index in [2.05, 4.69) is 10.3 Å². The number of halogens is 2. The lowest BCUT2D eigenvalue weighted by Crippen LogP contribution is -1.85. The first-order valence-electron chi connectivity index (χ1n) is 5.13. The van der Waals surface area contributed by atoms with Crippen LogP contribution in [-0.4, -0.2) is 4.98 Å². The van der Waals surface area contributed by atoms with Crippen LogP contribution in [0.25, 0.3) is 11.4 Å². The van der Waals surface area contributed by atoms with Crippen LogP contribution in [0, 0.1) is 5.82 Å². The molecule has 2 aromatic rings. The second kappa shape index (κ2) is 3.86. The summed E-state index contributed by atoms with van der Waals surface area (Å²) in [6.45, 7) is 0. The number of rotatable bonds is 2. The first-order valence-corrected chi connectivity index (χ1v) is 5.51. The molecule has 0 spiro atoms. The van der Waals surface area contributed by atoms with E-state index in [1.807, 2.05) is 6.07 Å². The zero-order valence-electron chi connectivity index (χ0n) is 8.74. The van der Waals surface area contributed by atoms with Crippen LogP contribution in [-0.2, 0) is 0 Å². The number of nitrogens with one attached hydrogen (secondary N) is 1.